The fourth-order valence-corrected chi connectivity index (χ4v) is 3.37. The zero-order chi connectivity index (χ0) is 21.8. The molecule has 0 saturated heterocycles. The highest BCUT2D eigenvalue weighted by Gasteiger charge is 2.27. The quantitative estimate of drug-likeness (QED) is 0.688. The van der Waals surface area contributed by atoms with Gasteiger partial charge in [0.15, 0.2) is 0 Å². The van der Waals surface area contributed by atoms with Crippen molar-refractivity contribution in [2.75, 3.05) is 5.32 Å². The number of rotatable bonds is 5. The number of halogens is 1. The molecule has 2 N–H and O–H groups in total. The molecule has 1 amide bonds. The second kappa shape index (κ2) is 9.05. The minimum absolute atomic E-state index is 0.382. The molecule has 0 aromatic heterocycles. The van der Waals surface area contributed by atoms with Crippen LogP contribution in [0.2, 0.25) is 0 Å². The monoisotopic (exact) mass is 420 g/mol. The summed E-state index contributed by atoms with van der Waals surface area (Å²) in [5.41, 5.74) is 0.963. The smallest absolute Gasteiger partial charge is 0.412 e. The highest BCUT2D eigenvalue weighted by Crippen LogP contribution is 2.31. The molecule has 2 aromatic rings. The van der Waals surface area contributed by atoms with E-state index in [1.165, 1.54) is 18.2 Å². The Balaban J connectivity index is 2.48. The summed E-state index contributed by atoms with van der Waals surface area (Å²) in [4.78, 5) is 12.3. The average Bonchev–Trinajstić information content (AvgIpc) is 2.59. The molecule has 0 radical (unpaired) electrons. The average molecular weight is 421 g/mol. The molecule has 2 unspecified atom stereocenters. The molecule has 0 heterocycles. The minimum Gasteiger partial charge on any atom is -0.444 e. The van der Waals surface area contributed by atoms with Crippen LogP contribution in [-0.4, -0.2) is 20.7 Å². The first kappa shape index (κ1) is 23.0. The minimum atomic E-state index is -1.43. The summed E-state index contributed by atoms with van der Waals surface area (Å²) in [5, 5.41) is 2.69. The van der Waals surface area contributed by atoms with E-state index in [4.69, 9.17) is 4.74 Å². The van der Waals surface area contributed by atoms with E-state index in [0.717, 1.165) is 5.56 Å². The predicted octanol–water partition coefficient (Wildman–Crippen LogP) is 5.31. The van der Waals surface area contributed by atoms with Gasteiger partial charge in [-0.1, -0.05) is 30.3 Å². The lowest BCUT2D eigenvalue weighted by Crippen LogP contribution is -2.36. The van der Waals surface area contributed by atoms with Gasteiger partial charge in [-0.05, 0) is 65.3 Å². The van der Waals surface area contributed by atoms with Crippen LogP contribution in [-0.2, 0) is 15.7 Å². The van der Waals surface area contributed by atoms with Crippen molar-refractivity contribution < 1.29 is 18.1 Å². The largest absolute Gasteiger partial charge is 0.444 e. The van der Waals surface area contributed by atoms with Gasteiger partial charge in [-0.2, -0.15) is 0 Å². The second-order valence-electron chi connectivity index (χ2n) is 8.70. The van der Waals surface area contributed by atoms with Crippen LogP contribution >= 0.6 is 0 Å². The molecule has 0 aliphatic heterocycles. The summed E-state index contributed by atoms with van der Waals surface area (Å²) in [7, 11) is -1.43. The van der Waals surface area contributed by atoms with E-state index in [9.17, 15) is 13.4 Å². The molecule has 0 fully saturated rings. The van der Waals surface area contributed by atoms with Gasteiger partial charge < -0.3 is 4.74 Å². The standard InChI is InChI=1S/C22H29FN2O3S/c1-21(2,3)28-20(26)24-18-13-12-16(23)14-17(18)19(15-10-8-7-9-11-15)25-29(27)22(4,5)6/h7-14,19,25H,1-6H3,(H,24,26). The van der Waals surface area contributed by atoms with Crippen molar-refractivity contribution in [2.24, 2.45) is 0 Å². The van der Waals surface area contributed by atoms with Gasteiger partial charge in [-0.3, -0.25) is 5.32 Å². The van der Waals surface area contributed by atoms with Crippen molar-refractivity contribution in [3.63, 3.8) is 0 Å². The number of anilines is 1. The van der Waals surface area contributed by atoms with Crippen molar-refractivity contribution >= 4 is 22.8 Å². The maximum atomic E-state index is 14.2. The number of nitrogens with one attached hydrogen (secondary N) is 2. The van der Waals surface area contributed by atoms with E-state index < -0.39 is 39.3 Å². The number of ether oxygens (including phenoxy) is 1. The number of carbonyl (C=O) groups excluding carboxylic acids is 1. The summed E-state index contributed by atoms with van der Waals surface area (Å²) < 4.78 is 34.9. The van der Waals surface area contributed by atoms with E-state index in [0.29, 0.717) is 11.3 Å². The molecule has 0 bridgehead atoms. The Labute approximate surface area is 174 Å². The molecule has 0 spiro atoms. The highest BCUT2D eigenvalue weighted by molar-refractivity contribution is 7.84. The molecular formula is C22H29FN2O3S. The second-order valence-corrected chi connectivity index (χ2v) is 10.7. The van der Waals surface area contributed by atoms with Crippen LogP contribution in [0.15, 0.2) is 48.5 Å². The normalized spacial score (nSPS) is 14.2. The molecule has 7 heteroatoms. The molecule has 5 nitrogen and oxygen atoms in total. The van der Waals surface area contributed by atoms with Gasteiger partial charge in [-0.25, -0.2) is 18.1 Å². The van der Waals surface area contributed by atoms with Gasteiger partial charge in [0.05, 0.1) is 21.8 Å². The van der Waals surface area contributed by atoms with Crippen LogP contribution in [0.1, 0.15) is 58.7 Å². The summed E-state index contributed by atoms with van der Waals surface area (Å²) in [5.74, 6) is -0.459. The summed E-state index contributed by atoms with van der Waals surface area (Å²) >= 11 is 0. The molecule has 29 heavy (non-hydrogen) atoms. The fraction of sp³-hybridized carbons (Fsp3) is 0.409. The molecule has 2 atom stereocenters. The molecular weight excluding hydrogens is 391 g/mol. The Bertz CT molecular complexity index is 874. The van der Waals surface area contributed by atoms with Crippen molar-refractivity contribution in [1.29, 1.82) is 0 Å². The number of hydrogen-bond acceptors (Lipinski definition) is 3. The van der Waals surface area contributed by atoms with Crippen LogP contribution in [0.3, 0.4) is 0 Å². The van der Waals surface area contributed by atoms with Gasteiger partial charge in [0.2, 0.25) is 0 Å². The fourth-order valence-electron chi connectivity index (χ4n) is 2.54. The van der Waals surface area contributed by atoms with Gasteiger partial charge in [0.25, 0.3) is 0 Å². The van der Waals surface area contributed by atoms with E-state index in [1.54, 1.807) is 20.8 Å². The first-order chi connectivity index (χ1) is 13.4. The molecule has 2 aromatic carbocycles. The third-order valence-corrected chi connectivity index (χ3v) is 5.44. The predicted molar refractivity (Wildman–Crippen MR) is 116 cm³/mol. The third kappa shape index (κ3) is 6.94. The van der Waals surface area contributed by atoms with Gasteiger partial charge >= 0.3 is 6.09 Å². The third-order valence-electron chi connectivity index (χ3n) is 3.87. The summed E-state index contributed by atoms with van der Waals surface area (Å²) in [6.45, 7) is 10.8. The number of amides is 1. The van der Waals surface area contributed by atoms with E-state index in [2.05, 4.69) is 10.0 Å². The zero-order valence-corrected chi connectivity index (χ0v) is 18.5. The van der Waals surface area contributed by atoms with Crippen LogP contribution in [0.4, 0.5) is 14.9 Å². The van der Waals surface area contributed by atoms with Crippen molar-refractivity contribution in [3.8, 4) is 0 Å². The van der Waals surface area contributed by atoms with E-state index >= 15 is 0 Å². The van der Waals surface area contributed by atoms with Crippen molar-refractivity contribution in [1.82, 2.24) is 4.72 Å². The van der Waals surface area contributed by atoms with Crippen LogP contribution in [0, 0.1) is 5.82 Å². The molecule has 158 valence electrons. The lowest BCUT2D eigenvalue weighted by Gasteiger charge is -2.27. The zero-order valence-electron chi connectivity index (χ0n) is 17.7. The maximum absolute atomic E-state index is 14.2. The van der Waals surface area contributed by atoms with Crippen molar-refractivity contribution in [2.45, 2.75) is 57.9 Å². The highest BCUT2D eigenvalue weighted by atomic mass is 32.2. The Morgan fingerprint density at radius 2 is 1.66 bits per heavy atom. The summed E-state index contributed by atoms with van der Waals surface area (Å²) in [6.07, 6.45) is -0.644. The SMILES string of the molecule is CC(C)(C)OC(=O)Nc1ccc(F)cc1C(NS(=O)C(C)(C)C)c1ccccc1. The Morgan fingerprint density at radius 3 is 2.21 bits per heavy atom. The first-order valence-electron chi connectivity index (χ1n) is 9.39. The Kier molecular flexibility index (Phi) is 7.19. The van der Waals surface area contributed by atoms with Gasteiger partial charge in [0.1, 0.15) is 11.4 Å². The Hall–Kier alpha value is -2.25. The maximum Gasteiger partial charge on any atom is 0.412 e. The van der Waals surface area contributed by atoms with Crippen LogP contribution in [0.5, 0.6) is 0 Å². The molecule has 2 rings (SSSR count). The lowest BCUT2D eigenvalue weighted by atomic mass is 9.98. The van der Waals surface area contributed by atoms with E-state index in [1.807, 2.05) is 51.1 Å². The number of benzene rings is 2. The van der Waals surface area contributed by atoms with Gasteiger partial charge in [-0.15, -0.1) is 0 Å². The Morgan fingerprint density at radius 1 is 1.03 bits per heavy atom. The topological polar surface area (TPSA) is 67.4 Å². The van der Waals surface area contributed by atoms with Crippen LogP contribution in [0.25, 0.3) is 0 Å². The number of carbonyl (C=O) groups is 1. The number of hydrogen-bond donors (Lipinski definition) is 2. The van der Waals surface area contributed by atoms with Crippen molar-refractivity contribution in [3.05, 3.63) is 65.5 Å². The van der Waals surface area contributed by atoms with Crippen LogP contribution < -0.4 is 10.0 Å². The lowest BCUT2D eigenvalue weighted by molar-refractivity contribution is 0.0635. The summed E-state index contributed by atoms with van der Waals surface area (Å²) in [6, 6.07) is 12.8. The van der Waals surface area contributed by atoms with Gasteiger partial charge in [0, 0.05) is 11.3 Å². The van der Waals surface area contributed by atoms with E-state index in [-0.39, 0.29) is 0 Å². The first-order valence-corrected chi connectivity index (χ1v) is 10.5. The molecule has 0 aliphatic rings. The molecule has 0 saturated carbocycles. The molecule has 0 aliphatic carbocycles.